The molecule has 0 saturated heterocycles. The van der Waals surface area contributed by atoms with Crippen LogP contribution in [0.25, 0.3) is 0 Å². The minimum absolute atomic E-state index is 0.000787. The lowest BCUT2D eigenvalue weighted by Crippen LogP contribution is -2.37. The molecule has 0 heterocycles. The first-order chi connectivity index (χ1) is 8.09. The maximum Gasteiger partial charge on any atom is 0.124 e. The molecule has 0 aliphatic heterocycles. The summed E-state index contributed by atoms with van der Waals surface area (Å²) in [6.45, 7) is 8.20. The van der Waals surface area contributed by atoms with Crippen molar-refractivity contribution in [1.82, 2.24) is 5.32 Å². The third kappa shape index (κ3) is 3.20. The van der Waals surface area contributed by atoms with E-state index in [0.29, 0.717) is 5.02 Å². The summed E-state index contributed by atoms with van der Waals surface area (Å²) in [4.78, 5) is 0. The SMILES string of the molecule is CCNCC(CC)(CC)c1ccc(F)cc1Cl. The van der Waals surface area contributed by atoms with Crippen LogP contribution in [0.5, 0.6) is 0 Å². The van der Waals surface area contributed by atoms with Crippen LogP contribution in [0.4, 0.5) is 4.39 Å². The molecule has 0 atom stereocenters. The van der Waals surface area contributed by atoms with Crippen molar-refractivity contribution in [2.75, 3.05) is 13.1 Å². The summed E-state index contributed by atoms with van der Waals surface area (Å²) in [5.41, 5.74) is 1.05. The van der Waals surface area contributed by atoms with Gasteiger partial charge in [-0.3, -0.25) is 0 Å². The van der Waals surface area contributed by atoms with Gasteiger partial charge in [0.1, 0.15) is 5.82 Å². The minimum Gasteiger partial charge on any atom is -0.316 e. The van der Waals surface area contributed by atoms with Crippen LogP contribution < -0.4 is 5.32 Å². The highest BCUT2D eigenvalue weighted by Gasteiger charge is 2.30. The Bertz CT molecular complexity index is 361. The standard InChI is InChI=1S/C14H21ClFN/c1-4-14(5-2,10-17-6-3)12-8-7-11(16)9-13(12)15/h7-9,17H,4-6,10H2,1-3H3. The Morgan fingerprint density at radius 3 is 2.35 bits per heavy atom. The predicted molar refractivity (Wildman–Crippen MR) is 72.2 cm³/mol. The molecule has 0 aliphatic rings. The molecule has 0 fully saturated rings. The van der Waals surface area contributed by atoms with Crippen LogP contribution in [-0.4, -0.2) is 13.1 Å². The van der Waals surface area contributed by atoms with Crippen molar-refractivity contribution >= 4 is 11.6 Å². The van der Waals surface area contributed by atoms with Crippen LogP contribution in [0.2, 0.25) is 5.02 Å². The molecule has 1 nitrogen and oxygen atoms in total. The van der Waals surface area contributed by atoms with Crippen molar-refractivity contribution in [1.29, 1.82) is 0 Å². The minimum atomic E-state index is -0.275. The Morgan fingerprint density at radius 2 is 1.88 bits per heavy atom. The molecule has 0 aliphatic carbocycles. The molecular formula is C14H21ClFN. The topological polar surface area (TPSA) is 12.0 Å². The molecule has 1 N–H and O–H groups in total. The van der Waals surface area contributed by atoms with Gasteiger partial charge >= 0.3 is 0 Å². The second-order valence-electron chi connectivity index (χ2n) is 4.39. The Labute approximate surface area is 108 Å². The summed E-state index contributed by atoms with van der Waals surface area (Å²) in [6, 6.07) is 4.72. The van der Waals surface area contributed by atoms with E-state index < -0.39 is 0 Å². The highest BCUT2D eigenvalue weighted by Crippen LogP contribution is 2.36. The van der Waals surface area contributed by atoms with Gasteiger partial charge < -0.3 is 5.32 Å². The second-order valence-corrected chi connectivity index (χ2v) is 4.80. The third-order valence-corrected chi connectivity index (χ3v) is 3.88. The molecular weight excluding hydrogens is 237 g/mol. The van der Waals surface area contributed by atoms with E-state index in [4.69, 9.17) is 11.6 Å². The van der Waals surface area contributed by atoms with E-state index in [1.807, 2.05) is 6.07 Å². The molecule has 17 heavy (non-hydrogen) atoms. The molecule has 0 aromatic heterocycles. The van der Waals surface area contributed by atoms with Crippen molar-refractivity contribution in [2.45, 2.75) is 39.0 Å². The van der Waals surface area contributed by atoms with Gasteiger partial charge in [0.2, 0.25) is 0 Å². The fourth-order valence-corrected chi connectivity index (χ4v) is 2.63. The van der Waals surface area contributed by atoms with E-state index in [2.05, 4.69) is 26.1 Å². The number of hydrogen-bond donors (Lipinski definition) is 1. The Balaban J connectivity index is 3.11. The van der Waals surface area contributed by atoms with Gasteiger partial charge in [0, 0.05) is 17.0 Å². The summed E-state index contributed by atoms with van der Waals surface area (Å²) < 4.78 is 13.1. The quantitative estimate of drug-likeness (QED) is 0.807. The lowest BCUT2D eigenvalue weighted by atomic mass is 9.75. The number of hydrogen-bond acceptors (Lipinski definition) is 1. The van der Waals surface area contributed by atoms with Crippen LogP contribution in [-0.2, 0) is 5.41 Å². The zero-order chi connectivity index (χ0) is 12.9. The summed E-state index contributed by atoms with van der Waals surface area (Å²) in [5, 5.41) is 3.91. The fourth-order valence-electron chi connectivity index (χ4n) is 2.26. The molecule has 0 radical (unpaired) electrons. The van der Waals surface area contributed by atoms with Crippen LogP contribution in [0, 0.1) is 5.82 Å². The van der Waals surface area contributed by atoms with Crippen molar-refractivity contribution in [3.63, 3.8) is 0 Å². The van der Waals surface area contributed by atoms with Crippen molar-refractivity contribution in [2.24, 2.45) is 0 Å². The number of halogens is 2. The number of likely N-dealkylation sites (N-methyl/N-ethyl adjacent to an activating group) is 1. The zero-order valence-electron chi connectivity index (χ0n) is 10.8. The Hall–Kier alpha value is -0.600. The predicted octanol–water partition coefficient (Wildman–Crippen LogP) is 4.15. The molecule has 0 unspecified atom stereocenters. The summed E-state index contributed by atoms with van der Waals surface area (Å²) >= 11 is 6.18. The Morgan fingerprint density at radius 1 is 1.24 bits per heavy atom. The van der Waals surface area contributed by atoms with E-state index in [0.717, 1.165) is 31.5 Å². The molecule has 0 saturated carbocycles. The first-order valence-corrected chi connectivity index (χ1v) is 6.63. The van der Waals surface area contributed by atoms with Crippen molar-refractivity contribution < 1.29 is 4.39 Å². The van der Waals surface area contributed by atoms with Gasteiger partial charge in [0.25, 0.3) is 0 Å². The first-order valence-electron chi connectivity index (χ1n) is 6.26. The summed E-state index contributed by atoms with van der Waals surface area (Å²) in [6.07, 6.45) is 1.98. The van der Waals surface area contributed by atoms with Gasteiger partial charge in [-0.1, -0.05) is 38.4 Å². The molecule has 0 bridgehead atoms. The second kappa shape index (κ2) is 6.36. The largest absolute Gasteiger partial charge is 0.316 e. The highest BCUT2D eigenvalue weighted by atomic mass is 35.5. The molecule has 1 aromatic carbocycles. The maximum absolute atomic E-state index is 13.1. The van der Waals surface area contributed by atoms with E-state index in [1.165, 1.54) is 12.1 Å². The van der Waals surface area contributed by atoms with Crippen molar-refractivity contribution in [3.05, 3.63) is 34.6 Å². The normalized spacial score (nSPS) is 11.8. The highest BCUT2D eigenvalue weighted by molar-refractivity contribution is 6.31. The average molecular weight is 258 g/mol. The zero-order valence-corrected chi connectivity index (χ0v) is 11.6. The fraction of sp³-hybridized carbons (Fsp3) is 0.571. The number of rotatable bonds is 6. The van der Waals surface area contributed by atoms with Crippen LogP contribution in [0.3, 0.4) is 0 Å². The van der Waals surface area contributed by atoms with Crippen LogP contribution in [0.1, 0.15) is 39.2 Å². The summed E-state index contributed by atoms with van der Waals surface area (Å²) in [7, 11) is 0. The Kier molecular flexibility index (Phi) is 5.41. The molecule has 0 amide bonds. The van der Waals surface area contributed by atoms with Gasteiger partial charge in [-0.15, -0.1) is 0 Å². The van der Waals surface area contributed by atoms with Gasteiger partial charge in [-0.2, -0.15) is 0 Å². The van der Waals surface area contributed by atoms with Gasteiger partial charge in [-0.25, -0.2) is 4.39 Å². The van der Waals surface area contributed by atoms with E-state index in [9.17, 15) is 4.39 Å². The average Bonchev–Trinajstić information content (AvgIpc) is 2.32. The molecule has 1 rings (SSSR count). The maximum atomic E-state index is 13.1. The molecule has 1 aromatic rings. The molecule has 3 heteroatoms. The third-order valence-electron chi connectivity index (χ3n) is 3.57. The number of benzene rings is 1. The van der Waals surface area contributed by atoms with Crippen molar-refractivity contribution in [3.8, 4) is 0 Å². The summed E-state index contributed by atoms with van der Waals surface area (Å²) in [5.74, 6) is -0.275. The molecule has 0 spiro atoms. The lowest BCUT2D eigenvalue weighted by molar-refractivity contribution is 0.372. The van der Waals surface area contributed by atoms with Crippen LogP contribution in [0.15, 0.2) is 18.2 Å². The van der Waals surface area contributed by atoms with Gasteiger partial charge in [0.05, 0.1) is 0 Å². The monoisotopic (exact) mass is 257 g/mol. The van der Waals surface area contributed by atoms with E-state index >= 15 is 0 Å². The molecule has 96 valence electrons. The first kappa shape index (κ1) is 14.5. The van der Waals surface area contributed by atoms with E-state index in [-0.39, 0.29) is 11.2 Å². The lowest BCUT2D eigenvalue weighted by Gasteiger charge is -2.33. The van der Waals surface area contributed by atoms with Gasteiger partial charge in [-0.05, 0) is 37.1 Å². The van der Waals surface area contributed by atoms with Gasteiger partial charge in [0.15, 0.2) is 0 Å². The number of nitrogens with one attached hydrogen (secondary N) is 1. The van der Waals surface area contributed by atoms with Crippen LogP contribution >= 0.6 is 11.6 Å². The smallest absolute Gasteiger partial charge is 0.124 e. The van der Waals surface area contributed by atoms with E-state index in [1.54, 1.807) is 0 Å².